The number of rotatable bonds is 5. The Kier molecular flexibility index (Phi) is 4.85. The second-order valence-electron chi connectivity index (χ2n) is 4.57. The number of carbonyl (C=O) groups excluding carboxylic acids is 1. The van der Waals surface area contributed by atoms with Gasteiger partial charge in [0.25, 0.3) is 5.56 Å². The van der Waals surface area contributed by atoms with Crippen LogP contribution < -0.4 is 15.0 Å². The van der Waals surface area contributed by atoms with Crippen molar-refractivity contribution in [2.24, 2.45) is 0 Å². The van der Waals surface area contributed by atoms with Crippen LogP contribution in [-0.4, -0.2) is 42.4 Å². The van der Waals surface area contributed by atoms with Crippen molar-refractivity contribution in [2.75, 3.05) is 21.3 Å². The highest BCUT2D eigenvalue weighted by atomic mass is 16.5. The molecule has 8 nitrogen and oxygen atoms in total. The summed E-state index contributed by atoms with van der Waals surface area (Å²) in [4.78, 5) is 29.6. The van der Waals surface area contributed by atoms with Crippen LogP contribution in [0.5, 0.6) is 17.2 Å². The Morgan fingerprint density at radius 1 is 1.22 bits per heavy atom. The number of esters is 1. The van der Waals surface area contributed by atoms with Gasteiger partial charge in [0.2, 0.25) is 5.75 Å². The molecule has 2 rings (SSSR count). The summed E-state index contributed by atoms with van der Waals surface area (Å²) in [6, 6.07) is 5.21. The van der Waals surface area contributed by atoms with Gasteiger partial charge >= 0.3 is 5.97 Å². The maximum atomic E-state index is 11.7. The second-order valence-corrected chi connectivity index (χ2v) is 4.57. The van der Waals surface area contributed by atoms with Gasteiger partial charge in [0.1, 0.15) is 5.82 Å². The van der Waals surface area contributed by atoms with E-state index in [9.17, 15) is 14.7 Å². The van der Waals surface area contributed by atoms with E-state index in [2.05, 4.69) is 14.7 Å². The number of methoxy groups -OCH3 is 3. The minimum absolute atomic E-state index is 0.209. The third-order valence-corrected chi connectivity index (χ3v) is 3.14. The van der Waals surface area contributed by atoms with Crippen LogP contribution in [-0.2, 0) is 11.2 Å². The molecule has 0 fully saturated rings. The maximum Gasteiger partial charge on any atom is 0.360 e. The second kappa shape index (κ2) is 6.82. The molecule has 0 aliphatic carbocycles. The molecule has 0 saturated carbocycles. The third-order valence-electron chi connectivity index (χ3n) is 3.14. The standard InChI is InChI=1S/C15H16N2O6/c1-21-9-5-4-8(6-10(9)22-2)7-11-16-12(15(20)23-3)13(18)14(19)17-11/h4-6,18H,7H2,1-3H3,(H,16,17,19). The van der Waals surface area contributed by atoms with Crippen LogP contribution in [0.2, 0.25) is 0 Å². The molecule has 0 atom stereocenters. The Morgan fingerprint density at radius 3 is 2.52 bits per heavy atom. The number of benzene rings is 1. The van der Waals surface area contributed by atoms with Crippen molar-refractivity contribution in [3.63, 3.8) is 0 Å². The molecule has 1 aromatic heterocycles. The highest BCUT2D eigenvalue weighted by Crippen LogP contribution is 2.28. The van der Waals surface area contributed by atoms with Gasteiger partial charge in [-0.15, -0.1) is 0 Å². The van der Waals surface area contributed by atoms with Crippen LogP contribution in [0.25, 0.3) is 0 Å². The summed E-state index contributed by atoms with van der Waals surface area (Å²) >= 11 is 0. The van der Waals surface area contributed by atoms with Crippen LogP contribution in [0.1, 0.15) is 21.9 Å². The van der Waals surface area contributed by atoms with E-state index >= 15 is 0 Å². The van der Waals surface area contributed by atoms with Crippen molar-refractivity contribution >= 4 is 5.97 Å². The highest BCUT2D eigenvalue weighted by molar-refractivity contribution is 5.89. The van der Waals surface area contributed by atoms with E-state index < -0.39 is 23.0 Å². The molecule has 122 valence electrons. The SMILES string of the molecule is COC(=O)c1nc(Cc2ccc(OC)c(OC)c2)[nH]c(=O)c1O. The molecule has 0 spiro atoms. The molecule has 1 heterocycles. The average molecular weight is 320 g/mol. The molecule has 23 heavy (non-hydrogen) atoms. The molecule has 0 aliphatic heterocycles. The summed E-state index contributed by atoms with van der Waals surface area (Å²) in [5.74, 6) is -0.353. The van der Waals surface area contributed by atoms with Gasteiger partial charge in [-0.1, -0.05) is 6.07 Å². The first-order chi connectivity index (χ1) is 11.0. The molecule has 0 amide bonds. The number of aromatic hydroxyl groups is 1. The Bertz CT molecular complexity index is 784. The Labute approximate surface area is 131 Å². The molecule has 0 aliphatic rings. The maximum absolute atomic E-state index is 11.7. The average Bonchev–Trinajstić information content (AvgIpc) is 2.57. The monoisotopic (exact) mass is 320 g/mol. The van der Waals surface area contributed by atoms with E-state index in [4.69, 9.17) is 9.47 Å². The number of hydrogen-bond acceptors (Lipinski definition) is 7. The topological polar surface area (TPSA) is 111 Å². The number of H-pyrrole nitrogens is 1. The van der Waals surface area contributed by atoms with Gasteiger partial charge < -0.3 is 24.3 Å². The highest BCUT2D eigenvalue weighted by Gasteiger charge is 2.18. The van der Waals surface area contributed by atoms with Crippen molar-refractivity contribution in [1.82, 2.24) is 9.97 Å². The summed E-state index contributed by atoms with van der Waals surface area (Å²) in [5, 5.41) is 9.60. The number of hydrogen-bond donors (Lipinski definition) is 2. The van der Waals surface area contributed by atoms with Crippen LogP contribution in [0, 0.1) is 0 Å². The Morgan fingerprint density at radius 2 is 1.91 bits per heavy atom. The van der Waals surface area contributed by atoms with E-state index in [1.54, 1.807) is 18.2 Å². The molecular formula is C15H16N2O6. The lowest BCUT2D eigenvalue weighted by Gasteiger charge is -2.10. The molecule has 1 aromatic carbocycles. The molecule has 2 aromatic rings. The van der Waals surface area contributed by atoms with E-state index in [1.807, 2.05) is 0 Å². The third kappa shape index (κ3) is 3.42. The zero-order valence-corrected chi connectivity index (χ0v) is 12.9. The molecular weight excluding hydrogens is 304 g/mol. The fourth-order valence-corrected chi connectivity index (χ4v) is 2.02. The van der Waals surface area contributed by atoms with Gasteiger partial charge in [-0.25, -0.2) is 9.78 Å². The zero-order valence-electron chi connectivity index (χ0n) is 12.9. The van der Waals surface area contributed by atoms with Gasteiger partial charge in [-0.2, -0.15) is 0 Å². The molecule has 0 unspecified atom stereocenters. The number of nitrogens with one attached hydrogen (secondary N) is 1. The van der Waals surface area contributed by atoms with Crippen molar-refractivity contribution in [1.29, 1.82) is 0 Å². The van der Waals surface area contributed by atoms with Crippen molar-refractivity contribution in [2.45, 2.75) is 6.42 Å². The first-order valence-electron chi connectivity index (χ1n) is 6.61. The summed E-state index contributed by atoms with van der Waals surface area (Å²) < 4.78 is 14.8. The van der Waals surface area contributed by atoms with Gasteiger partial charge in [-0.3, -0.25) is 4.79 Å². The van der Waals surface area contributed by atoms with E-state index in [1.165, 1.54) is 14.2 Å². The van der Waals surface area contributed by atoms with Crippen LogP contribution in [0.3, 0.4) is 0 Å². The lowest BCUT2D eigenvalue weighted by molar-refractivity contribution is 0.0589. The van der Waals surface area contributed by atoms with Crippen LogP contribution in [0.4, 0.5) is 0 Å². The summed E-state index contributed by atoms with van der Waals surface area (Å²) in [6.07, 6.45) is 0.222. The largest absolute Gasteiger partial charge is 0.501 e. The minimum Gasteiger partial charge on any atom is -0.501 e. The quantitative estimate of drug-likeness (QED) is 0.786. The van der Waals surface area contributed by atoms with Gasteiger partial charge in [0.15, 0.2) is 17.2 Å². The Hall–Kier alpha value is -3.03. The van der Waals surface area contributed by atoms with Gasteiger partial charge in [0.05, 0.1) is 21.3 Å². The van der Waals surface area contributed by atoms with Crippen molar-refractivity contribution in [3.8, 4) is 17.2 Å². The number of aromatic amines is 1. The summed E-state index contributed by atoms with van der Waals surface area (Å²) in [5.41, 5.74) is -0.463. The first kappa shape index (κ1) is 16.3. The van der Waals surface area contributed by atoms with Gasteiger partial charge in [0, 0.05) is 6.42 Å². The minimum atomic E-state index is -0.887. The molecule has 0 bridgehead atoms. The van der Waals surface area contributed by atoms with Gasteiger partial charge in [-0.05, 0) is 17.7 Å². The fourth-order valence-electron chi connectivity index (χ4n) is 2.02. The van der Waals surface area contributed by atoms with Crippen LogP contribution >= 0.6 is 0 Å². The molecule has 8 heteroatoms. The first-order valence-corrected chi connectivity index (χ1v) is 6.61. The number of aromatic nitrogens is 2. The lowest BCUT2D eigenvalue weighted by atomic mass is 10.1. The lowest BCUT2D eigenvalue weighted by Crippen LogP contribution is -2.18. The van der Waals surface area contributed by atoms with Crippen molar-refractivity contribution in [3.05, 3.63) is 45.6 Å². The summed E-state index contributed by atoms with van der Waals surface area (Å²) in [7, 11) is 4.18. The van der Waals surface area contributed by atoms with E-state index in [0.29, 0.717) is 11.5 Å². The smallest absolute Gasteiger partial charge is 0.360 e. The molecule has 2 N–H and O–H groups in total. The van der Waals surface area contributed by atoms with E-state index in [0.717, 1.165) is 12.7 Å². The zero-order chi connectivity index (χ0) is 17.0. The predicted octanol–water partition coefficient (Wildman–Crippen LogP) is 0.870. The van der Waals surface area contributed by atoms with Crippen LogP contribution in [0.15, 0.2) is 23.0 Å². The number of ether oxygens (including phenoxy) is 3. The fraction of sp³-hybridized carbons (Fsp3) is 0.267. The Balaban J connectivity index is 2.39. The number of carbonyl (C=O) groups is 1. The van der Waals surface area contributed by atoms with E-state index in [-0.39, 0.29) is 12.2 Å². The predicted molar refractivity (Wildman–Crippen MR) is 80.2 cm³/mol. The van der Waals surface area contributed by atoms with Crippen molar-refractivity contribution < 1.29 is 24.1 Å². The number of nitrogens with zero attached hydrogens (tertiary/aromatic N) is 1. The normalized spacial score (nSPS) is 10.2. The molecule has 0 radical (unpaired) electrons. The summed E-state index contributed by atoms with van der Waals surface area (Å²) in [6.45, 7) is 0. The molecule has 0 saturated heterocycles.